The molecule has 0 fully saturated rings. The van der Waals surface area contributed by atoms with Crippen LogP contribution in [0.4, 0.5) is 5.82 Å². The second-order valence-electron chi connectivity index (χ2n) is 3.94. The largest absolute Gasteiger partial charge is 0.360 e. The van der Waals surface area contributed by atoms with Gasteiger partial charge in [-0.2, -0.15) is 5.10 Å². The molecular weight excluding hydrogens is 246 g/mol. The normalized spacial score (nSPS) is 11.1. The van der Waals surface area contributed by atoms with Crippen LogP contribution >= 0.6 is 0 Å². The first kappa shape index (κ1) is 12.9. The maximum absolute atomic E-state index is 11.6. The van der Waals surface area contributed by atoms with Crippen LogP contribution in [-0.2, 0) is 7.05 Å². The maximum atomic E-state index is 11.6. The first-order chi connectivity index (χ1) is 9.11. The molecule has 0 radical (unpaired) electrons. The fourth-order valence-electron chi connectivity index (χ4n) is 1.55. The number of nitrogens with one attached hydrogen (secondary N) is 2. The van der Waals surface area contributed by atoms with Crippen LogP contribution in [0, 0.1) is 0 Å². The van der Waals surface area contributed by atoms with Crippen LogP contribution in [0.15, 0.2) is 39.1 Å². The zero-order valence-electron chi connectivity index (χ0n) is 10.8. The van der Waals surface area contributed by atoms with E-state index in [2.05, 4.69) is 15.1 Å². The molecule has 2 aromatic heterocycles. The van der Waals surface area contributed by atoms with Gasteiger partial charge in [-0.05, 0) is 19.1 Å². The summed E-state index contributed by atoms with van der Waals surface area (Å²) in [6, 6.07) is 5.07. The van der Waals surface area contributed by atoms with Crippen molar-refractivity contribution >= 4 is 12.0 Å². The van der Waals surface area contributed by atoms with E-state index in [4.69, 9.17) is 0 Å². The summed E-state index contributed by atoms with van der Waals surface area (Å²) in [5, 5.41) is 5.77. The van der Waals surface area contributed by atoms with Gasteiger partial charge in [0.05, 0.1) is 11.9 Å². The number of hydrazone groups is 1. The molecule has 0 aliphatic rings. The first-order valence-electron chi connectivity index (χ1n) is 5.87. The SMILES string of the molecule is CCN(N=Cc1ccc[nH]1)c1cc(=O)n(C)c(=O)[nH]1. The van der Waals surface area contributed by atoms with E-state index < -0.39 is 5.69 Å². The molecule has 0 aliphatic heterocycles. The molecule has 0 bridgehead atoms. The topological polar surface area (TPSA) is 86.2 Å². The van der Waals surface area contributed by atoms with Gasteiger partial charge in [0, 0.05) is 25.9 Å². The Labute approximate surface area is 109 Å². The third kappa shape index (κ3) is 2.82. The van der Waals surface area contributed by atoms with Crippen molar-refractivity contribution in [3.63, 3.8) is 0 Å². The number of aromatic nitrogens is 3. The monoisotopic (exact) mass is 261 g/mol. The highest BCUT2D eigenvalue weighted by Gasteiger charge is 2.06. The smallest absolute Gasteiger partial charge is 0.329 e. The molecular formula is C12H15N5O2. The van der Waals surface area contributed by atoms with Gasteiger partial charge in [-0.3, -0.25) is 14.3 Å². The predicted octanol–water partition coefficient (Wildman–Crippen LogP) is 0.262. The number of H-pyrrole nitrogens is 2. The van der Waals surface area contributed by atoms with Gasteiger partial charge < -0.3 is 4.98 Å². The van der Waals surface area contributed by atoms with E-state index >= 15 is 0 Å². The zero-order valence-corrected chi connectivity index (χ0v) is 10.8. The Hall–Kier alpha value is -2.57. The molecule has 0 spiro atoms. The molecule has 0 saturated carbocycles. The van der Waals surface area contributed by atoms with Crippen LogP contribution in [0.1, 0.15) is 12.6 Å². The van der Waals surface area contributed by atoms with Gasteiger partial charge in [-0.15, -0.1) is 0 Å². The minimum Gasteiger partial charge on any atom is -0.360 e. The van der Waals surface area contributed by atoms with Gasteiger partial charge in [0.1, 0.15) is 5.82 Å². The van der Waals surface area contributed by atoms with Crippen molar-refractivity contribution in [3.05, 3.63) is 50.9 Å². The number of nitrogens with zero attached hydrogens (tertiary/aromatic N) is 3. The number of hydrogen-bond acceptors (Lipinski definition) is 4. The summed E-state index contributed by atoms with van der Waals surface area (Å²) in [5.74, 6) is 0.374. The molecule has 19 heavy (non-hydrogen) atoms. The Morgan fingerprint density at radius 1 is 1.47 bits per heavy atom. The van der Waals surface area contributed by atoms with Crippen LogP contribution in [-0.4, -0.2) is 27.3 Å². The maximum Gasteiger partial charge on any atom is 0.329 e. The highest BCUT2D eigenvalue weighted by Crippen LogP contribution is 2.05. The third-order valence-electron chi connectivity index (χ3n) is 2.67. The quantitative estimate of drug-likeness (QED) is 0.611. The molecule has 100 valence electrons. The first-order valence-corrected chi connectivity index (χ1v) is 5.87. The van der Waals surface area contributed by atoms with Gasteiger partial charge in [-0.25, -0.2) is 9.80 Å². The summed E-state index contributed by atoms with van der Waals surface area (Å²) >= 11 is 0. The molecule has 0 aliphatic carbocycles. The summed E-state index contributed by atoms with van der Waals surface area (Å²) in [7, 11) is 1.42. The average molecular weight is 261 g/mol. The van der Waals surface area contributed by atoms with E-state index in [0.717, 1.165) is 10.3 Å². The molecule has 0 saturated heterocycles. The van der Waals surface area contributed by atoms with Crippen LogP contribution in [0.3, 0.4) is 0 Å². The summed E-state index contributed by atoms with van der Waals surface area (Å²) in [5.41, 5.74) is 0.00734. The zero-order chi connectivity index (χ0) is 13.8. The van der Waals surface area contributed by atoms with Crippen LogP contribution in [0.25, 0.3) is 0 Å². The molecule has 7 nitrogen and oxygen atoms in total. The minimum absolute atomic E-state index is 0.368. The fourth-order valence-corrected chi connectivity index (χ4v) is 1.55. The van der Waals surface area contributed by atoms with Crippen molar-refractivity contribution in [3.8, 4) is 0 Å². The Bertz CT molecular complexity index is 650. The van der Waals surface area contributed by atoms with E-state index in [-0.39, 0.29) is 5.56 Å². The molecule has 0 unspecified atom stereocenters. The second-order valence-corrected chi connectivity index (χ2v) is 3.94. The van der Waals surface area contributed by atoms with Gasteiger partial charge >= 0.3 is 5.69 Å². The Morgan fingerprint density at radius 3 is 2.84 bits per heavy atom. The highest BCUT2D eigenvalue weighted by atomic mass is 16.2. The van der Waals surface area contributed by atoms with Gasteiger partial charge in [0.25, 0.3) is 5.56 Å². The van der Waals surface area contributed by atoms with Gasteiger partial charge in [0.15, 0.2) is 0 Å². The molecule has 2 heterocycles. The summed E-state index contributed by atoms with van der Waals surface area (Å²) in [4.78, 5) is 28.7. The third-order valence-corrected chi connectivity index (χ3v) is 2.67. The van der Waals surface area contributed by atoms with Crippen molar-refractivity contribution in [2.75, 3.05) is 11.6 Å². The number of aromatic amines is 2. The average Bonchev–Trinajstić information content (AvgIpc) is 2.89. The summed E-state index contributed by atoms with van der Waals surface area (Å²) in [6.45, 7) is 2.40. The lowest BCUT2D eigenvalue weighted by molar-refractivity contribution is 0.756. The standard InChI is InChI=1S/C12H15N5O2/c1-3-17(14-8-9-5-4-6-13-9)10-7-11(18)16(2)12(19)15-10/h4-8,13H,3H2,1-2H3,(H,15,19). The van der Waals surface area contributed by atoms with Crippen LogP contribution in [0.2, 0.25) is 0 Å². The molecule has 2 aromatic rings. The van der Waals surface area contributed by atoms with Crippen molar-refractivity contribution < 1.29 is 0 Å². The number of hydrogen-bond donors (Lipinski definition) is 2. The molecule has 7 heteroatoms. The number of anilines is 1. The van der Waals surface area contributed by atoms with Gasteiger partial charge in [-0.1, -0.05) is 0 Å². The Balaban J connectivity index is 2.32. The minimum atomic E-state index is -0.462. The van der Waals surface area contributed by atoms with Crippen molar-refractivity contribution in [1.82, 2.24) is 14.5 Å². The Morgan fingerprint density at radius 2 is 2.26 bits per heavy atom. The van der Waals surface area contributed by atoms with E-state index in [1.165, 1.54) is 13.1 Å². The molecule has 0 aromatic carbocycles. The van der Waals surface area contributed by atoms with E-state index in [1.54, 1.807) is 17.4 Å². The van der Waals surface area contributed by atoms with E-state index in [1.807, 2.05) is 19.1 Å². The van der Waals surface area contributed by atoms with Crippen molar-refractivity contribution in [2.45, 2.75) is 6.92 Å². The van der Waals surface area contributed by atoms with Crippen LogP contribution in [0.5, 0.6) is 0 Å². The van der Waals surface area contributed by atoms with Crippen LogP contribution < -0.4 is 16.3 Å². The lowest BCUT2D eigenvalue weighted by Crippen LogP contribution is -2.34. The van der Waals surface area contributed by atoms with E-state index in [0.29, 0.717) is 12.4 Å². The van der Waals surface area contributed by atoms with Crippen molar-refractivity contribution in [2.24, 2.45) is 12.1 Å². The predicted molar refractivity (Wildman–Crippen MR) is 73.7 cm³/mol. The Kier molecular flexibility index (Phi) is 3.65. The summed E-state index contributed by atoms with van der Waals surface area (Å²) in [6.07, 6.45) is 3.41. The van der Waals surface area contributed by atoms with Crippen molar-refractivity contribution in [1.29, 1.82) is 0 Å². The second kappa shape index (κ2) is 5.38. The molecule has 0 amide bonds. The molecule has 0 atom stereocenters. The van der Waals surface area contributed by atoms with E-state index in [9.17, 15) is 9.59 Å². The lowest BCUT2D eigenvalue weighted by atomic mass is 10.5. The fraction of sp³-hybridized carbons (Fsp3) is 0.250. The van der Waals surface area contributed by atoms with Gasteiger partial charge in [0.2, 0.25) is 0 Å². The summed E-state index contributed by atoms with van der Waals surface area (Å²) < 4.78 is 1.01. The lowest BCUT2D eigenvalue weighted by Gasteiger charge is -2.15. The molecule has 2 N–H and O–H groups in total. The highest BCUT2D eigenvalue weighted by molar-refractivity contribution is 5.77. The molecule has 2 rings (SSSR count). The number of rotatable bonds is 4.